The number of aromatic nitrogens is 2. The molecule has 0 aliphatic carbocycles. The predicted molar refractivity (Wildman–Crippen MR) is 81.6 cm³/mol. The Labute approximate surface area is 124 Å². The van der Waals surface area contributed by atoms with Crippen LogP contribution in [0.15, 0.2) is 36.5 Å². The molecular weight excluding hydrogens is 266 g/mol. The minimum atomic E-state index is -0.928. The largest absolute Gasteiger partial charge is 0.478 e. The van der Waals surface area contributed by atoms with Crippen molar-refractivity contribution in [3.05, 3.63) is 53.5 Å². The van der Waals surface area contributed by atoms with Crippen LogP contribution in [0.1, 0.15) is 35.1 Å². The Bertz CT molecular complexity index is 600. The predicted octanol–water partition coefficient (Wildman–Crippen LogP) is 2.78. The molecule has 0 saturated heterocycles. The zero-order chi connectivity index (χ0) is 15.1. The molecule has 110 valence electrons. The molecule has 5 nitrogen and oxygen atoms in total. The van der Waals surface area contributed by atoms with Gasteiger partial charge in [0.1, 0.15) is 5.82 Å². The Hall–Kier alpha value is -2.43. The van der Waals surface area contributed by atoms with Crippen molar-refractivity contribution >= 4 is 11.8 Å². The first kappa shape index (κ1) is 15.0. The number of carboxylic acids is 1. The first-order chi connectivity index (χ1) is 10.2. The van der Waals surface area contributed by atoms with Gasteiger partial charge in [-0.15, -0.1) is 0 Å². The molecule has 0 aliphatic rings. The van der Waals surface area contributed by atoms with Gasteiger partial charge in [0.05, 0.1) is 5.56 Å². The first-order valence-corrected chi connectivity index (χ1v) is 7.07. The van der Waals surface area contributed by atoms with Gasteiger partial charge < -0.3 is 10.4 Å². The van der Waals surface area contributed by atoms with Crippen LogP contribution in [0.4, 0.5) is 5.82 Å². The number of carbonyl (C=O) groups is 1. The number of anilines is 1. The molecule has 0 aromatic carbocycles. The Morgan fingerprint density at radius 3 is 2.76 bits per heavy atom. The highest BCUT2D eigenvalue weighted by atomic mass is 16.4. The van der Waals surface area contributed by atoms with Crippen molar-refractivity contribution in [1.82, 2.24) is 9.97 Å². The average molecular weight is 285 g/mol. The van der Waals surface area contributed by atoms with Crippen LogP contribution in [0.3, 0.4) is 0 Å². The molecule has 0 unspecified atom stereocenters. The van der Waals surface area contributed by atoms with Crippen molar-refractivity contribution in [2.75, 3.05) is 11.9 Å². The van der Waals surface area contributed by atoms with Crippen LogP contribution in [-0.4, -0.2) is 27.6 Å². The Morgan fingerprint density at radius 1 is 1.24 bits per heavy atom. The summed E-state index contributed by atoms with van der Waals surface area (Å²) in [4.78, 5) is 19.8. The van der Waals surface area contributed by atoms with E-state index in [1.165, 1.54) is 0 Å². The zero-order valence-electron chi connectivity index (χ0n) is 12.0. The molecule has 0 radical (unpaired) electrons. The van der Waals surface area contributed by atoms with Gasteiger partial charge in [0.25, 0.3) is 0 Å². The second-order valence-electron chi connectivity index (χ2n) is 4.79. The number of nitrogens with zero attached hydrogens (tertiary/aromatic N) is 2. The molecular formula is C16H19N3O2. The molecule has 0 spiro atoms. The Morgan fingerprint density at radius 2 is 2.10 bits per heavy atom. The van der Waals surface area contributed by atoms with Crippen LogP contribution in [0.2, 0.25) is 0 Å². The van der Waals surface area contributed by atoms with Crippen LogP contribution in [0.25, 0.3) is 0 Å². The van der Waals surface area contributed by atoms with E-state index in [1.54, 1.807) is 18.3 Å². The second-order valence-corrected chi connectivity index (χ2v) is 4.79. The van der Waals surface area contributed by atoms with Crippen molar-refractivity contribution in [1.29, 1.82) is 0 Å². The summed E-state index contributed by atoms with van der Waals surface area (Å²) in [5, 5.41) is 12.3. The number of aryl methyl sites for hydroxylation is 1. The highest BCUT2D eigenvalue weighted by Gasteiger charge is 2.08. The molecule has 2 N–H and O–H groups in total. The second kappa shape index (κ2) is 7.38. The van der Waals surface area contributed by atoms with Gasteiger partial charge in [-0.05, 0) is 30.7 Å². The standard InChI is InChI=1S/C16H19N3O2/c1-2-5-14-10-12(16(20)21)11-15(19-14)18-9-7-13-6-3-4-8-17-13/h3-4,6,8,10-11H,2,5,7,9H2,1H3,(H,18,19)(H,20,21). The lowest BCUT2D eigenvalue weighted by atomic mass is 10.1. The van der Waals surface area contributed by atoms with Crippen molar-refractivity contribution in [3.8, 4) is 0 Å². The summed E-state index contributed by atoms with van der Waals surface area (Å²) in [5.41, 5.74) is 2.07. The summed E-state index contributed by atoms with van der Waals surface area (Å²) < 4.78 is 0. The third-order valence-corrected chi connectivity index (χ3v) is 3.04. The molecule has 0 aliphatic heterocycles. The van der Waals surface area contributed by atoms with E-state index >= 15 is 0 Å². The van der Waals surface area contributed by atoms with E-state index in [1.807, 2.05) is 25.1 Å². The number of carboxylic acid groups (broad SMARTS) is 1. The van der Waals surface area contributed by atoms with E-state index in [0.717, 1.165) is 30.7 Å². The van der Waals surface area contributed by atoms with E-state index in [2.05, 4.69) is 15.3 Å². The zero-order valence-corrected chi connectivity index (χ0v) is 12.0. The van der Waals surface area contributed by atoms with Crippen molar-refractivity contribution < 1.29 is 9.90 Å². The number of pyridine rings is 2. The van der Waals surface area contributed by atoms with Crippen molar-refractivity contribution in [2.24, 2.45) is 0 Å². The lowest BCUT2D eigenvalue weighted by molar-refractivity contribution is 0.0696. The summed E-state index contributed by atoms with van der Waals surface area (Å²) in [7, 11) is 0. The quantitative estimate of drug-likeness (QED) is 0.818. The van der Waals surface area contributed by atoms with Crippen LogP contribution in [-0.2, 0) is 12.8 Å². The molecule has 2 aromatic rings. The van der Waals surface area contributed by atoms with Gasteiger partial charge in [-0.3, -0.25) is 4.98 Å². The summed E-state index contributed by atoms with van der Waals surface area (Å²) in [6.45, 7) is 2.71. The van der Waals surface area contributed by atoms with E-state index < -0.39 is 5.97 Å². The smallest absolute Gasteiger partial charge is 0.335 e. The topological polar surface area (TPSA) is 75.1 Å². The van der Waals surface area contributed by atoms with Gasteiger partial charge in [0, 0.05) is 30.6 Å². The highest BCUT2D eigenvalue weighted by Crippen LogP contribution is 2.12. The monoisotopic (exact) mass is 285 g/mol. The lowest BCUT2D eigenvalue weighted by Crippen LogP contribution is -2.10. The molecule has 21 heavy (non-hydrogen) atoms. The van der Waals surface area contributed by atoms with E-state index in [0.29, 0.717) is 12.4 Å². The Balaban J connectivity index is 2.03. The van der Waals surface area contributed by atoms with E-state index in [4.69, 9.17) is 5.11 Å². The normalized spacial score (nSPS) is 10.3. The number of hydrogen-bond acceptors (Lipinski definition) is 4. The molecule has 5 heteroatoms. The maximum absolute atomic E-state index is 11.1. The SMILES string of the molecule is CCCc1cc(C(=O)O)cc(NCCc2ccccn2)n1. The fourth-order valence-corrected chi connectivity index (χ4v) is 2.05. The van der Waals surface area contributed by atoms with Crippen LogP contribution >= 0.6 is 0 Å². The molecule has 2 heterocycles. The first-order valence-electron chi connectivity index (χ1n) is 7.07. The van der Waals surface area contributed by atoms with Gasteiger partial charge in [0.15, 0.2) is 0 Å². The summed E-state index contributed by atoms with van der Waals surface area (Å²) in [6, 6.07) is 9.00. The minimum absolute atomic E-state index is 0.272. The number of rotatable bonds is 7. The molecule has 2 rings (SSSR count). The van der Waals surface area contributed by atoms with E-state index in [9.17, 15) is 4.79 Å². The van der Waals surface area contributed by atoms with Gasteiger partial charge in [-0.25, -0.2) is 9.78 Å². The van der Waals surface area contributed by atoms with Crippen LogP contribution in [0, 0.1) is 0 Å². The fourth-order valence-electron chi connectivity index (χ4n) is 2.05. The summed E-state index contributed by atoms with van der Waals surface area (Å²) in [6.07, 6.45) is 4.24. The summed E-state index contributed by atoms with van der Waals surface area (Å²) >= 11 is 0. The van der Waals surface area contributed by atoms with Gasteiger partial charge >= 0.3 is 5.97 Å². The average Bonchev–Trinajstić information content (AvgIpc) is 2.48. The van der Waals surface area contributed by atoms with E-state index in [-0.39, 0.29) is 5.56 Å². The lowest BCUT2D eigenvalue weighted by Gasteiger charge is -2.09. The third kappa shape index (κ3) is 4.56. The van der Waals surface area contributed by atoms with Crippen molar-refractivity contribution in [2.45, 2.75) is 26.2 Å². The van der Waals surface area contributed by atoms with Gasteiger partial charge in [-0.1, -0.05) is 19.4 Å². The molecule has 0 fully saturated rings. The maximum Gasteiger partial charge on any atom is 0.335 e. The fraction of sp³-hybridized carbons (Fsp3) is 0.312. The number of hydrogen-bond donors (Lipinski definition) is 2. The van der Waals surface area contributed by atoms with Crippen LogP contribution < -0.4 is 5.32 Å². The summed E-state index contributed by atoms with van der Waals surface area (Å²) in [5.74, 6) is -0.322. The molecule has 0 bridgehead atoms. The number of nitrogens with one attached hydrogen (secondary N) is 1. The Kier molecular flexibility index (Phi) is 5.26. The molecule has 2 aromatic heterocycles. The van der Waals surface area contributed by atoms with Crippen molar-refractivity contribution in [3.63, 3.8) is 0 Å². The molecule has 0 saturated carbocycles. The van der Waals surface area contributed by atoms with Gasteiger partial charge in [-0.2, -0.15) is 0 Å². The third-order valence-electron chi connectivity index (χ3n) is 3.04. The molecule has 0 amide bonds. The van der Waals surface area contributed by atoms with Gasteiger partial charge in [0.2, 0.25) is 0 Å². The molecule has 0 atom stereocenters. The maximum atomic E-state index is 11.1. The highest BCUT2D eigenvalue weighted by molar-refractivity contribution is 5.88. The number of aromatic carboxylic acids is 1. The van der Waals surface area contributed by atoms with Crippen LogP contribution in [0.5, 0.6) is 0 Å². The minimum Gasteiger partial charge on any atom is -0.478 e.